The summed E-state index contributed by atoms with van der Waals surface area (Å²) in [6, 6.07) is 7.29. The number of nitrogens with two attached hydrogens (primary N) is 1. The van der Waals surface area contributed by atoms with E-state index in [4.69, 9.17) is 10.5 Å². The van der Waals surface area contributed by atoms with Gasteiger partial charge in [0.15, 0.2) is 0 Å². The molecule has 3 N–H and O–H groups in total. The van der Waals surface area contributed by atoms with Gasteiger partial charge in [-0.3, -0.25) is 9.69 Å². The zero-order valence-corrected chi connectivity index (χ0v) is 12.0. The first-order valence-electron chi connectivity index (χ1n) is 6.84. The molecule has 1 saturated heterocycles. The fourth-order valence-electron chi connectivity index (χ4n) is 2.97. The Hall–Kier alpha value is -1.59. The monoisotopic (exact) mass is 278 g/mol. The number of hydrogen-bond acceptors (Lipinski definition) is 4. The van der Waals surface area contributed by atoms with Gasteiger partial charge in [0, 0.05) is 6.04 Å². The molecule has 0 radical (unpaired) electrons. The third kappa shape index (κ3) is 2.94. The molecule has 0 spiro atoms. The number of nitrogens with zero attached hydrogens (tertiary/aromatic N) is 1. The van der Waals surface area contributed by atoms with E-state index >= 15 is 0 Å². The maximum atomic E-state index is 11.1. The second-order valence-corrected chi connectivity index (χ2v) is 5.47. The molecule has 0 aromatic heterocycles. The highest BCUT2D eigenvalue weighted by Gasteiger charge is 2.40. The number of methoxy groups -OCH3 is 1. The number of amides is 1. The van der Waals surface area contributed by atoms with Crippen LogP contribution in [0.2, 0.25) is 0 Å². The molecule has 5 heteroatoms. The number of rotatable bonds is 5. The molecule has 2 atom stereocenters. The Morgan fingerprint density at radius 1 is 1.50 bits per heavy atom. The number of carbonyl (C=O) groups excluding carboxylic acids is 1. The van der Waals surface area contributed by atoms with Gasteiger partial charge in [-0.1, -0.05) is 12.1 Å². The van der Waals surface area contributed by atoms with Crippen molar-refractivity contribution < 1.29 is 14.6 Å². The van der Waals surface area contributed by atoms with E-state index in [0.717, 1.165) is 30.7 Å². The predicted octanol–water partition coefficient (Wildman–Crippen LogP) is 0.852. The van der Waals surface area contributed by atoms with Crippen LogP contribution in [0.3, 0.4) is 0 Å². The number of aliphatic hydroxyl groups is 1. The fraction of sp³-hybridized carbons (Fsp3) is 0.533. The van der Waals surface area contributed by atoms with Crippen LogP contribution in [-0.4, -0.2) is 42.2 Å². The lowest BCUT2D eigenvalue weighted by Crippen LogP contribution is -2.48. The lowest BCUT2D eigenvalue weighted by Gasteiger charge is -2.36. The van der Waals surface area contributed by atoms with Crippen molar-refractivity contribution in [1.29, 1.82) is 0 Å². The lowest BCUT2D eigenvalue weighted by molar-refractivity contribution is -0.120. The zero-order chi connectivity index (χ0) is 14.8. The van der Waals surface area contributed by atoms with Gasteiger partial charge in [-0.2, -0.15) is 0 Å². The van der Waals surface area contributed by atoms with Gasteiger partial charge in [-0.05, 0) is 44.0 Å². The number of hydrogen-bond donors (Lipinski definition) is 2. The average Bonchev–Trinajstić information content (AvgIpc) is 2.87. The summed E-state index contributed by atoms with van der Waals surface area (Å²) < 4.78 is 5.13. The molecule has 0 bridgehead atoms. The molecule has 1 fully saturated rings. The van der Waals surface area contributed by atoms with Crippen molar-refractivity contribution in [3.63, 3.8) is 0 Å². The Morgan fingerprint density at radius 2 is 2.15 bits per heavy atom. The van der Waals surface area contributed by atoms with Crippen molar-refractivity contribution in [1.82, 2.24) is 4.90 Å². The summed E-state index contributed by atoms with van der Waals surface area (Å²) in [4.78, 5) is 13.1. The van der Waals surface area contributed by atoms with Crippen molar-refractivity contribution in [2.75, 3.05) is 20.2 Å². The fourth-order valence-corrected chi connectivity index (χ4v) is 2.97. The first-order valence-corrected chi connectivity index (χ1v) is 6.84. The molecule has 1 heterocycles. The van der Waals surface area contributed by atoms with Crippen LogP contribution in [0.25, 0.3) is 0 Å². The van der Waals surface area contributed by atoms with E-state index in [1.807, 2.05) is 29.2 Å². The summed E-state index contributed by atoms with van der Waals surface area (Å²) in [5.74, 6) is 0.396. The minimum absolute atomic E-state index is 0.0941. The number of ether oxygens (including phenoxy) is 1. The molecule has 1 aliphatic heterocycles. The SMILES string of the molecule is COc1ccc(C(C)(O)C2CCCN2CC(N)=O)cc1. The second kappa shape index (κ2) is 5.81. The Morgan fingerprint density at radius 3 is 2.70 bits per heavy atom. The van der Waals surface area contributed by atoms with Crippen LogP contribution in [0.15, 0.2) is 24.3 Å². The second-order valence-electron chi connectivity index (χ2n) is 5.47. The maximum Gasteiger partial charge on any atom is 0.231 e. The summed E-state index contributed by atoms with van der Waals surface area (Å²) in [6.45, 7) is 2.77. The van der Waals surface area contributed by atoms with E-state index in [0.29, 0.717) is 0 Å². The molecule has 1 amide bonds. The lowest BCUT2D eigenvalue weighted by atomic mass is 9.86. The van der Waals surface area contributed by atoms with Crippen LogP contribution in [0.1, 0.15) is 25.3 Å². The van der Waals surface area contributed by atoms with Crippen molar-refractivity contribution in [3.05, 3.63) is 29.8 Å². The molecule has 0 aliphatic carbocycles. The van der Waals surface area contributed by atoms with Gasteiger partial charge in [-0.15, -0.1) is 0 Å². The van der Waals surface area contributed by atoms with E-state index < -0.39 is 5.60 Å². The van der Waals surface area contributed by atoms with Gasteiger partial charge in [0.2, 0.25) is 5.91 Å². The van der Waals surface area contributed by atoms with Crippen molar-refractivity contribution in [2.24, 2.45) is 5.73 Å². The minimum Gasteiger partial charge on any atom is -0.497 e. The molecular weight excluding hydrogens is 256 g/mol. The molecule has 1 aliphatic rings. The topological polar surface area (TPSA) is 75.8 Å². The van der Waals surface area contributed by atoms with E-state index in [1.54, 1.807) is 14.0 Å². The Kier molecular flexibility index (Phi) is 4.30. The summed E-state index contributed by atoms with van der Waals surface area (Å²) in [6.07, 6.45) is 1.82. The molecule has 5 nitrogen and oxygen atoms in total. The van der Waals surface area contributed by atoms with Gasteiger partial charge in [0.25, 0.3) is 0 Å². The van der Waals surface area contributed by atoms with Crippen LogP contribution in [0, 0.1) is 0 Å². The molecule has 2 unspecified atom stereocenters. The maximum absolute atomic E-state index is 11.1. The van der Waals surface area contributed by atoms with Crippen LogP contribution in [-0.2, 0) is 10.4 Å². The van der Waals surface area contributed by atoms with E-state index in [9.17, 15) is 9.90 Å². The standard InChI is InChI=1S/C15H22N2O3/c1-15(19,11-5-7-12(20-2)8-6-11)13-4-3-9-17(13)10-14(16)18/h5-8,13,19H,3-4,9-10H2,1-2H3,(H2,16,18). The van der Waals surface area contributed by atoms with Crippen molar-refractivity contribution in [2.45, 2.75) is 31.4 Å². The largest absolute Gasteiger partial charge is 0.497 e. The summed E-state index contributed by atoms with van der Waals surface area (Å²) in [5.41, 5.74) is 5.08. The first-order chi connectivity index (χ1) is 9.45. The zero-order valence-electron chi connectivity index (χ0n) is 12.0. The van der Waals surface area contributed by atoms with Crippen molar-refractivity contribution >= 4 is 5.91 Å². The van der Waals surface area contributed by atoms with Gasteiger partial charge >= 0.3 is 0 Å². The van der Waals surface area contributed by atoms with E-state index in [2.05, 4.69) is 0 Å². The smallest absolute Gasteiger partial charge is 0.231 e. The molecule has 2 rings (SSSR count). The normalized spacial score (nSPS) is 22.4. The summed E-state index contributed by atoms with van der Waals surface area (Å²) >= 11 is 0. The molecular formula is C15H22N2O3. The van der Waals surface area contributed by atoms with Gasteiger partial charge in [0.1, 0.15) is 11.4 Å². The number of likely N-dealkylation sites (tertiary alicyclic amines) is 1. The van der Waals surface area contributed by atoms with Crippen molar-refractivity contribution in [3.8, 4) is 5.75 Å². The number of primary amides is 1. The Balaban J connectivity index is 2.20. The first kappa shape index (κ1) is 14.8. The van der Waals surface area contributed by atoms with Gasteiger partial charge < -0.3 is 15.6 Å². The summed E-state index contributed by atoms with van der Waals surface area (Å²) in [5, 5.41) is 10.9. The molecule has 110 valence electrons. The molecule has 20 heavy (non-hydrogen) atoms. The highest BCUT2D eigenvalue weighted by Crippen LogP contribution is 2.35. The van der Waals surface area contributed by atoms with E-state index in [1.165, 1.54) is 0 Å². The highest BCUT2D eigenvalue weighted by molar-refractivity contribution is 5.76. The molecule has 1 aromatic rings. The van der Waals surface area contributed by atoms with Crippen LogP contribution in [0.5, 0.6) is 5.75 Å². The number of benzene rings is 1. The van der Waals surface area contributed by atoms with E-state index in [-0.39, 0.29) is 18.5 Å². The average molecular weight is 278 g/mol. The molecule has 1 aromatic carbocycles. The highest BCUT2D eigenvalue weighted by atomic mass is 16.5. The summed E-state index contributed by atoms with van der Waals surface area (Å²) in [7, 11) is 1.61. The quantitative estimate of drug-likeness (QED) is 0.837. The van der Waals surface area contributed by atoms with Gasteiger partial charge in [-0.25, -0.2) is 0 Å². The van der Waals surface area contributed by atoms with Crippen LogP contribution >= 0.6 is 0 Å². The Labute approximate surface area is 119 Å². The van der Waals surface area contributed by atoms with Crippen LogP contribution in [0.4, 0.5) is 0 Å². The predicted molar refractivity (Wildman–Crippen MR) is 76.4 cm³/mol. The Bertz CT molecular complexity index is 471. The van der Waals surface area contributed by atoms with Gasteiger partial charge in [0.05, 0.1) is 13.7 Å². The number of carbonyl (C=O) groups is 1. The minimum atomic E-state index is -1.02. The third-order valence-corrected chi connectivity index (χ3v) is 4.05. The third-order valence-electron chi connectivity index (χ3n) is 4.05. The van der Waals surface area contributed by atoms with Crippen LogP contribution < -0.4 is 10.5 Å². The molecule has 0 saturated carbocycles.